The van der Waals surface area contributed by atoms with Gasteiger partial charge in [-0.25, -0.2) is 0 Å². The van der Waals surface area contributed by atoms with E-state index in [-0.39, 0.29) is 30.3 Å². The molecule has 3 aromatic carbocycles. The minimum absolute atomic E-state index is 0. The van der Waals surface area contributed by atoms with Gasteiger partial charge >= 0.3 is 0 Å². The Balaban J connectivity index is 0.00000353. The number of ether oxygens (including phenoxy) is 2. The highest BCUT2D eigenvalue weighted by molar-refractivity contribution is 5.85. The fourth-order valence-electron chi connectivity index (χ4n) is 5.16. The summed E-state index contributed by atoms with van der Waals surface area (Å²) in [6, 6.07) is 21.8. The molecule has 206 valence electrons. The molecule has 3 aromatic rings. The van der Waals surface area contributed by atoms with Gasteiger partial charge in [0.1, 0.15) is 17.2 Å². The van der Waals surface area contributed by atoms with Gasteiger partial charge < -0.3 is 25.4 Å². The zero-order chi connectivity index (χ0) is 26.3. The molecule has 2 amide bonds. The number of rotatable bonds is 3. The number of hydrogen-bond acceptors (Lipinski definition) is 5. The number of carbonyl (C=O) groups is 2. The Morgan fingerprint density at radius 1 is 0.974 bits per heavy atom. The average molecular weight is 550 g/mol. The van der Waals surface area contributed by atoms with E-state index < -0.39 is 0 Å². The minimum atomic E-state index is -0.214. The molecular formula is C31H36ClN3O4. The summed E-state index contributed by atoms with van der Waals surface area (Å²) in [4.78, 5) is 27.5. The predicted octanol–water partition coefficient (Wildman–Crippen LogP) is 4.95. The fourth-order valence-corrected chi connectivity index (χ4v) is 5.16. The smallest absolute Gasteiger partial charge is 0.223 e. The Morgan fingerprint density at radius 3 is 2.62 bits per heavy atom. The molecule has 3 N–H and O–H groups in total. The van der Waals surface area contributed by atoms with Crippen LogP contribution < -0.4 is 20.5 Å². The van der Waals surface area contributed by atoms with E-state index in [0.29, 0.717) is 58.3 Å². The van der Waals surface area contributed by atoms with E-state index in [1.165, 1.54) is 5.56 Å². The van der Waals surface area contributed by atoms with E-state index in [1.54, 1.807) is 0 Å². The van der Waals surface area contributed by atoms with Crippen molar-refractivity contribution in [2.24, 2.45) is 5.73 Å². The number of carbonyl (C=O) groups excluding carboxylic acids is 2. The fraction of sp³-hybridized carbons (Fsp3) is 0.355. The quantitative estimate of drug-likeness (QED) is 0.482. The number of nitrogens with zero attached hydrogens (tertiary/aromatic N) is 1. The molecule has 8 bridgehead atoms. The Kier molecular flexibility index (Phi) is 9.85. The van der Waals surface area contributed by atoms with Crippen LogP contribution in [0.1, 0.15) is 54.0 Å². The monoisotopic (exact) mass is 549 g/mol. The first-order valence-corrected chi connectivity index (χ1v) is 13.5. The zero-order valence-corrected chi connectivity index (χ0v) is 22.9. The van der Waals surface area contributed by atoms with Crippen molar-refractivity contribution in [1.29, 1.82) is 0 Å². The molecule has 5 aliphatic rings. The second-order valence-corrected chi connectivity index (χ2v) is 9.86. The molecule has 8 heteroatoms. The third-order valence-corrected chi connectivity index (χ3v) is 7.14. The summed E-state index contributed by atoms with van der Waals surface area (Å²) >= 11 is 0. The molecule has 0 spiro atoms. The van der Waals surface area contributed by atoms with E-state index in [2.05, 4.69) is 23.5 Å². The number of halogens is 1. The van der Waals surface area contributed by atoms with E-state index in [0.717, 1.165) is 40.4 Å². The SMILES string of the molecule is Cl.NCCCC(=O)N1CCc2cc3ccc2C1c1cccc(c1)OCCCNC(=O)CCc1ccc(cc1)O3. The van der Waals surface area contributed by atoms with Crippen LogP contribution >= 0.6 is 12.4 Å². The van der Waals surface area contributed by atoms with E-state index in [4.69, 9.17) is 15.2 Å². The van der Waals surface area contributed by atoms with Crippen molar-refractivity contribution < 1.29 is 19.1 Å². The number of benzene rings is 3. The Bertz CT molecular complexity index is 1280. The first-order chi connectivity index (χ1) is 18.6. The van der Waals surface area contributed by atoms with Crippen molar-refractivity contribution in [2.45, 2.75) is 44.6 Å². The maximum absolute atomic E-state index is 13.3. The lowest BCUT2D eigenvalue weighted by Crippen LogP contribution is -2.40. The molecule has 5 aliphatic heterocycles. The van der Waals surface area contributed by atoms with Crippen molar-refractivity contribution in [2.75, 3.05) is 26.2 Å². The molecule has 0 aliphatic carbocycles. The van der Waals surface area contributed by atoms with Crippen LogP contribution in [0.2, 0.25) is 0 Å². The summed E-state index contributed by atoms with van der Waals surface area (Å²) in [7, 11) is 0. The number of nitrogens with one attached hydrogen (secondary N) is 1. The molecule has 8 rings (SSSR count). The van der Waals surface area contributed by atoms with Gasteiger partial charge in [-0.05, 0) is 90.9 Å². The van der Waals surface area contributed by atoms with Gasteiger partial charge in [0.25, 0.3) is 0 Å². The maximum atomic E-state index is 13.3. The van der Waals surface area contributed by atoms with E-state index >= 15 is 0 Å². The van der Waals surface area contributed by atoms with Crippen molar-refractivity contribution in [3.63, 3.8) is 0 Å². The number of amides is 2. The molecule has 0 fully saturated rings. The molecule has 7 nitrogen and oxygen atoms in total. The van der Waals surface area contributed by atoms with Gasteiger partial charge in [0.15, 0.2) is 0 Å². The van der Waals surface area contributed by atoms with Gasteiger partial charge in [-0.15, -0.1) is 12.4 Å². The molecule has 1 unspecified atom stereocenters. The standard InChI is InChI=1S/C31H35N3O4.ClH/c32-16-2-6-30(36)34-18-15-23-20-27-12-13-28(23)31(34)24-4-1-5-26(21-24)37-19-3-17-33-29(35)14-9-22-7-10-25(38-27)11-8-22;/h1,4-5,7-8,10-13,20-21,31H,2-3,6,9,14-19,32H2,(H,33,35);1H. The minimum Gasteiger partial charge on any atom is -0.494 e. The van der Waals surface area contributed by atoms with Gasteiger partial charge in [-0.3, -0.25) is 9.59 Å². The summed E-state index contributed by atoms with van der Waals surface area (Å²) in [6.07, 6.45) is 3.68. The van der Waals surface area contributed by atoms with Crippen LogP contribution in [0.15, 0.2) is 66.7 Å². The first kappa shape index (κ1) is 28.5. The van der Waals surface area contributed by atoms with Crippen LogP contribution in [0.5, 0.6) is 17.2 Å². The highest BCUT2D eigenvalue weighted by atomic mass is 35.5. The molecule has 39 heavy (non-hydrogen) atoms. The van der Waals surface area contributed by atoms with Crippen molar-refractivity contribution in [3.8, 4) is 17.2 Å². The molecule has 1 atom stereocenters. The van der Waals surface area contributed by atoms with Gasteiger partial charge in [0.2, 0.25) is 11.8 Å². The Hall–Kier alpha value is -3.55. The number of hydrogen-bond donors (Lipinski definition) is 2. The van der Waals surface area contributed by atoms with Gasteiger partial charge in [-0.1, -0.05) is 30.3 Å². The lowest BCUT2D eigenvalue weighted by atomic mass is 9.87. The third kappa shape index (κ3) is 7.11. The topological polar surface area (TPSA) is 93.9 Å². The van der Waals surface area contributed by atoms with Crippen LogP contribution in [0.25, 0.3) is 0 Å². The molecule has 0 radical (unpaired) electrons. The highest BCUT2D eigenvalue weighted by Gasteiger charge is 2.32. The maximum Gasteiger partial charge on any atom is 0.223 e. The second kappa shape index (κ2) is 13.5. The normalized spacial score (nSPS) is 17.2. The summed E-state index contributed by atoms with van der Waals surface area (Å²) in [5, 5.41) is 2.98. The molecule has 0 aromatic heterocycles. The third-order valence-electron chi connectivity index (χ3n) is 7.14. The van der Waals surface area contributed by atoms with Gasteiger partial charge in [0.05, 0.1) is 12.6 Å². The van der Waals surface area contributed by atoms with Gasteiger partial charge in [0, 0.05) is 25.9 Å². The average Bonchev–Trinajstić information content (AvgIpc) is 2.94. The summed E-state index contributed by atoms with van der Waals surface area (Å²) in [5.74, 6) is 2.41. The lowest BCUT2D eigenvalue weighted by Gasteiger charge is -2.38. The predicted molar refractivity (Wildman–Crippen MR) is 154 cm³/mol. The lowest BCUT2D eigenvalue weighted by molar-refractivity contribution is -0.133. The Morgan fingerprint density at radius 2 is 1.79 bits per heavy atom. The number of aryl methyl sites for hydroxylation is 1. The van der Waals surface area contributed by atoms with E-state index in [9.17, 15) is 9.59 Å². The van der Waals surface area contributed by atoms with E-state index in [1.807, 2.05) is 53.4 Å². The van der Waals surface area contributed by atoms with Crippen molar-refractivity contribution in [3.05, 3.63) is 89.0 Å². The van der Waals surface area contributed by atoms with Crippen molar-refractivity contribution >= 4 is 24.2 Å². The highest BCUT2D eigenvalue weighted by Crippen LogP contribution is 2.39. The molecule has 5 heterocycles. The zero-order valence-electron chi connectivity index (χ0n) is 22.1. The largest absolute Gasteiger partial charge is 0.494 e. The van der Waals surface area contributed by atoms with Crippen LogP contribution in [0.3, 0.4) is 0 Å². The van der Waals surface area contributed by atoms with Crippen LogP contribution in [0, 0.1) is 0 Å². The summed E-state index contributed by atoms with van der Waals surface area (Å²) in [6.45, 7) is 2.18. The number of nitrogens with two attached hydrogens (primary N) is 1. The van der Waals surface area contributed by atoms with Crippen molar-refractivity contribution in [1.82, 2.24) is 10.2 Å². The summed E-state index contributed by atoms with van der Waals surface area (Å²) < 4.78 is 12.2. The van der Waals surface area contributed by atoms with Crippen LogP contribution in [-0.4, -0.2) is 43.0 Å². The Labute approximate surface area is 236 Å². The molecule has 0 saturated heterocycles. The summed E-state index contributed by atoms with van der Waals surface area (Å²) in [5.41, 5.74) is 10.1. The molecule has 0 saturated carbocycles. The van der Waals surface area contributed by atoms with Crippen LogP contribution in [0.4, 0.5) is 0 Å². The van der Waals surface area contributed by atoms with Crippen LogP contribution in [-0.2, 0) is 22.4 Å². The molecular weight excluding hydrogens is 514 g/mol. The van der Waals surface area contributed by atoms with Gasteiger partial charge in [-0.2, -0.15) is 0 Å². The first-order valence-electron chi connectivity index (χ1n) is 13.5. The second-order valence-electron chi connectivity index (χ2n) is 9.86.